The molecular formula is C41H45NO5. The van der Waals surface area contributed by atoms with Crippen LogP contribution >= 0.6 is 0 Å². The van der Waals surface area contributed by atoms with Crippen LogP contribution < -0.4 is 10.1 Å². The summed E-state index contributed by atoms with van der Waals surface area (Å²) in [5, 5.41) is 15.6. The van der Waals surface area contributed by atoms with Crippen LogP contribution in [-0.4, -0.2) is 43.2 Å². The molecule has 0 saturated heterocycles. The van der Waals surface area contributed by atoms with Crippen molar-refractivity contribution in [2.75, 3.05) is 13.7 Å². The lowest BCUT2D eigenvalue weighted by molar-refractivity contribution is -0.156. The Hall–Kier alpha value is -4.30. The van der Waals surface area contributed by atoms with E-state index < -0.39 is 18.3 Å². The van der Waals surface area contributed by atoms with Gasteiger partial charge in [0.15, 0.2) is 0 Å². The topological polar surface area (TPSA) is 69.2 Å². The number of aliphatic hydroxyl groups excluding tert-OH is 1. The zero-order chi connectivity index (χ0) is 32.5. The standard InChI is InChI=1S/C41H45NO5/c1-44-37-24-22-32(23-25-37)26-38(42-27-33-14-6-2-7-15-33)40(46-29-35-18-10-4-11-19-35)41(47-30-36-20-12-5-13-21-36)39(43)31-45-28-34-16-8-3-9-17-34/h2-25,38-43H,26-31H2,1H3/t38-,39+,40+,41+/m1/s1. The predicted octanol–water partition coefficient (Wildman–Crippen LogP) is 7.14. The number of aliphatic hydroxyl groups is 1. The highest BCUT2D eigenvalue weighted by atomic mass is 16.6. The molecule has 0 amide bonds. The van der Waals surface area contributed by atoms with Crippen LogP contribution in [0.15, 0.2) is 146 Å². The van der Waals surface area contributed by atoms with Crippen LogP contribution in [0.1, 0.15) is 27.8 Å². The van der Waals surface area contributed by atoms with Gasteiger partial charge in [0.1, 0.15) is 24.1 Å². The summed E-state index contributed by atoms with van der Waals surface area (Å²) < 4.78 is 24.9. The molecular weight excluding hydrogens is 586 g/mol. The Bertz CT molecular complexity index is 1540. The number of hydrogen-bond acceptors (Lipinski definition) is 6. The van der Waals surface area contributed by atoms with Gasteiger partial charge in [-0.2, -0.15) is 0 Å². The van der Waals surface area contributed by atoms with Gasteiger partial charge in [-0.05, 0) is 46.4 Å². The minimum Gasteiger partial charge on any atom is -0.497 e. The molecule has 0 aliphatic carbocycles. The molecule has 5 aromatic rings. The smallest absolute Gasteiger partial charge is 0.118 e. The maximum atomic E-state index is 11.8. The van der Waals surface area contributed by atoms with Gasteiger partial charge in [-0.25, -0.2) is 0 Å². The van der Waals surface area contributed by atoms with E-state index in [2.05, 4.69) is 29.6 Å². The van der Waals surface area contributed by atoms with Gasteiger partial charge in [-0.1, -0.05) is 133 Å². The van der Waals surface area contributed by atoms with Crippen molar-refractivity contribution in [1.29, 1.82) is 0 Å². The van der Waals surface area contributed by atoms with E-state index >= 15 is 0 Å². The first-order valence-electron chi connectivity index (χ1n) is 16.2. The largest absolute Gasteiger partial charge is 0.497 e. The van der Waals surface area contributed by atoms with Crippen LogP contribution in [0.2, 0.25) is 0 Å². The van der Waals surface area contributed by atoms with E-state index in [0.29, 0.717) is 32.8 Å². The van der Waals surface area contributed by atoms with Crippen LogP contribution in [0.5, 0.6) is 5.75 Å². The lowest BCUT2D eigenvalue weighted by atomic mass is 9.94. The van der Waals surface area contributed by atoms with Gasteiger partial charge in [-0.3, -0.25) is 0 Å². The maximum Gasteiger partial charge on any atom is 0.118 e. The number of ether oxygens (including phenoxy) is 4. The summed E-state index contributed by atoms with van der Waals surface area (Å²) >= 11 is 0. The van der Waals surface area contributed by atoms with E-state index in [1.165, 1.54) is 0 Å². The highest BCUT2D eigenvalue weighted by Crippen LogP contribution is 2.23. The molecule has 0 spiro atoms. The average Bonchev–Trinajstić information content (AvgIpc) is 3.13. The highest BCUT2D eigenvalue weighted by Gasteiger charge is 2.36. The number of rotatable bonds is 19. The molecule has 4 atom stereocenters. The van der Waals surface area contributed by atoms with Gasteiger partial charge in [0.05, 0.1) is 33.5 Å². The minimum absolute atomic E-state index is 0.0908. The summed E-state index contributed by atoms with van der Waals surface area (Å²) in [6, 6.07) is 48.3. The molecule has 6 nitrogen and oxygen atoms in total. The zero-order valence-corrected chi connectivity index (χ0v) is 27.0. The van der Waals surface area contributed by atoms with Crippen molar-refractivity contribution in [2.24, 2.45) is 0 Å². The molecule has 0 unspecified atom stereocenters. The first-order chi connectivity index (χ1) is 23.2. The van der Waals surface area contributed by atoms with Crippen molar-refractivity contribution >= 4 is 0 Å². The second kappa shape index (κ2) is 18.7. The number of hydrogen-bond donors (Lipinski definition) is 2. The summed E-state index contributed by atoms with van der Waals surface area (Å²) in [5.74, 6) is 0.800. The first kappa shape index (κ1) is 34.0. The van der Waals surface area contributed by atoms with Gasteiger partial charge in [0, 0.05) is 12.6 Å². The quantitative estimate of drug-likeness (QED) is 0.101. The van der Waals surface area contributed by atoms with Crippen molar-refractivity contribution in [3.63, 3.8) is 0 Å². The van der Waals surface area contributed by atoms with Crippen LogP contribution in [-0.2, 0) is 47.0 Å². The maximum absolute atomic E-state index is 11.8. The first-order valence-corrected chi connectivity index (χ1v) is 16.2. The summed E-state index contributed by atoms with van der Waals surface area (Å²) in [4.78, 5) is 0. The molecule has 244 valence electrons. The molecule has 0 radical (unpaired) electrons. The molecule has 2 N–H and O–H groups in total. The molecule has 5 rings (SSSR count). The van der Waals surface area contributed by atoms with Gasteiger partial charge in [0.2, 0.25) is 0 Å². The van der Waals surface area contributed by atoms with Crippen LogP contribution in [0.25, 0.3) is 0 Å². The van der Waals surface area contributed by atoms with E-state index in [-0.39, 0.29) is 12.6 Å². The molecule has 0 bridgehead atoms. The number of benzene rings is 5. The fraction of sp³-hybridized carbons (Fsp3) is 0.268. The van der Waals surface area contributed by atoms with Crippen molar-refractivity contribution in [3.8, 4) is 5.75 Å². The third-order valence-electron chi connectivity index (χ3n) is 8.10. The van der Waals surface area contributed by atoms with Crippen molar-refractivity contribution < 1.29 is 24.1 Å². The molecule has 0 saturated carbocycles. The van der Waals surface area contributed by atoms with E-state index in [1.54, 1.807) is 7.11 Å². The Morgan fingerprint density at radius 2 is 1.00 bits per heavy atom. The van der Waals surface area contributed by atoms with E-state index in [4.69, 9.17) is 18.9 Å². The number of nitrogens with one attached hydrogen (secondary N) is 1. The molecule has 0 aliphatic heterocycles. The fourth-order valence-corrected chi connectivity index (χ4v) is 5.53. The Kier molecular flexibility index (Phi) is 13.6. The third kappa shape index (κ3) is 11.2. The van der Waals surface area contributed by atoms with Crippen LogP contribution in [0, 0.1) is 0 Å². The lowest BCUT2D eigenvalue weighted by Crippen LogP contribution is -2.54. The van der Waals surface area contributed by atoms with Crippen molar-refractivity contribution in [2.45, 2.75) is 57.1 Å². The SMILES string of the molecule is COc1ccc(C[C@@H](NCc2ccccc2)[C@H](OCc2ccccc2)[C@@H](OCc2ccccc2)[C@@H](O)COCc2ccccc2)cc1. The summed E-state index contributed by atoms with van der Waals surface area (Å²) in [7, 11) is 1.67. The number of methoxy groups -OCH3 is 1. The Balaban J connectivity index is 1.45. The zero-order valence-electron chi connectivity index (χ0n) is 27.0. The lowest BCUT2D eigenvalue weighted by Gasteiger charge is -2.37. The Morgan fingerprint density at radius 3 is 1.51 bits per heavy atom. The molecule has 47 heavy (non-hydrogen) atoms. The molecule has 0 aromatic heterocycles. The summed E-state index contributed by atoms with van der Waals surface area (Å²) in [6.45, 7) is 1.79. The second-order valence-electron chi connectivity index (χ2n) is 11.6. The molecule has 6 heteroatoms. The van der Waals surface area contributed by atoms with Gasteiger partial charge in [0.25, 0.3) is 0 Å². The average molecular weight is 632 g/mol. The van der Waals surface area contributed by atoms with Crippen LogP contribution in [0.3, 0.4) is 0 Å². The van der Waals surface area contributed by atoms with Gasteiger partial charge < -0.3 is 29.4 Å². The third-order valence-corrected chi connectivity index (χ3v) is 8.10. The highest BCUT2D eigenvalue weighted by molar-refractivity contribution is 5.28. The Morgan fingerprint density at radius 1 is 0.532 bits per heavy atom. The molecule has 5 aromatic carbocycles. The Labute approximate surface area is 278 Å². The van der Waals surface area contributed by atoms with E-state index in [1.807, 2.05) is 121 Å². The van der Waals surface area contributed by atoms with Crippen LogP contribution in [0.4, 0.5) is 0 Å². The van der Waals surface area contributed by atoms with Gasteiger partial charge in [-0.15, -0.1) is 0 Å². The monoisotopic (exact) mass is 631 g/mol. The summed E-state index contributed by atoms with van der Waals surface area (Å²) in [6.07, 6.45) is -1.57. The molecule has 0 aliphatic rings. The second-order valence-corrected chi connectivity index (χ2v) is 11.6. The van der Waals surface area contributed by atoms with Crippen molar-refractivity contribution in [1.82, 2.24) is 5.32 Å². The molecule has 0 fully saturated rings. The van der Waals surface area contributed by atoms with Crippen molar-refractivity contribution in [3.05, 3.63) is 173 Å². The van der Waals surface area contributed by atoms with Gasteiger partial charge >= 0.3 is 0 Å². The predicted molar refractivity (Wildman–Crippen MR) is 186 cm³/mol. The minimum atomic E-state index is -0.958. The normalized spacial score (nSPS) is 13.8. The van der Waals surface area contributed by atoms with E-state index in [9.17, 15) is 5.11 Å². The fourth-order valence-electron chi connectivity index (χ4n) is 5.53. The molecule has 0 heterocycles. The summed E-state index contributed by atoms with van der Waals surface area (Å²) in [5.41, 5.74) is 5.37. The van der Waals surface area contributed by atoms with E-state index in [0.717, 1.165) is 33.6 Å².